The zero-order chi connectivity index (χ0) is 8.43. The Morgan fingerprint density at radius 2 is 2.27 bits per heavy atom. The number of halogens is 1. The van der Waals surface area contributed by atoms with Gasteiger partial charge < -0.3 is 0 Å². The third-order valence-corrected chi connectivity index (χ3v) is 2.05. The van der Waals surface area contributed by atoms with Gasteiger partial charge in [-0.15, -0.1) is 0 Å². The van der Waals surface area contributed by atoms with E-state index in [0.29, 0.717) is 0 Å². The lowest BCUT2D eigenvalue weighted by atomic mass is 9.93. The first-order chi connectivity index (χ1) is 5.09. The SMILES string of the molecule is CC1=CC(C(=O)Cl)CC(C)=C1. The molecule has 0 aromatic heterocycles. The fraction of sp³-hybridized carbons (Fsp3) is 0.444. The van der Waals surface area contributed by atoms with E-state index >= 15 is 0 Å². The van der Waals surface area contributed by atoms with Crippen LogP contribution in [0.5, 0.6) is 0 Å². The summed E-state index contributed by atoms with van der Waals surface area (Å²) in [6.07, 6.45) is 4.78. The molecule has 0 aromatic carbocycles. The van der Waals surface area contributed by atoms with Crippen molar-refractivity contribution in [1.29, 1.82) is 0 Å². The smallest absolute Gasteiger partial charge is 0.228 e. The Bertz CT molecular complexity index is 238. The van der Waals surface area contributed by atoms with E-state index < -0.39 is 0 Å². The van der Waals surface area contributed by atoms with Crippen LogP contribution in [0, 0.1) is 5.92 Å². The Morgan fingerprint density at radius 1 is 1.64 bits per heavy atom. The Morgan fingerprint density at radius 3 is 2.73 bits per heavy atom. The topological polar surface area (TPSA) is 17.1 Å². The molecule has 0 N–H and O–H groups in total. The summed E-state index contributed by atoms with van der Waals surface area (Å²) >= 11 is 5.38. The molecule has 1 aliphatic carbocycles. The second kappa shape index (κ2) is 3.22. The van der Waals surface area contributed by atoms with Gasteiger partial charge in [-0.3, -0.25) is 4.79 Å². The van der Waals surface area contributed by atoms with E-state index in [2.05, 4.69) is 6.08 Å². The third-order valence-electron chi connectivity index (χ3n) is 1.77. The lowest BCUT2D eigenvalue weighted by molar-refractivity contribution is -0.113. The third kappa shape index (κ3) is 2.19. The molecular weight excluding hydrogens is 160 g/mol. The molecule has 0 aromatic rings. The second-order valence-corrected chi connectivity index (χ2v) is 3.39. The van der Waals surface area contributed by atoms with Crippen molar-refractivity contribution in [3.8, 4) is 0 Å². The van der Waals surface area contributed by atoms with Crippen LogP contribution < -0.4 is 0 Å². The summed E-state index contributed by atoms with van der Waals surface area (Å²) in [7, 11) is 0. The number of hydrogen-bond donors (Lipinski definition) is 0. The van der Waals surface area contributed by atoms with Gasteiger partial charge in [0.25, 0.3) is 0 Å². The fourth-order valence-corrected chi connectivity index (χ4v) is 1.50. The summed E-state index contributed by atoms with van der Waals surface area (Å²) < 4.78 is 0. The zero-order valence-electron chi connectivity index (χ0n) is 6.73. The summed E-state index contributed by atoms with van der Waals surface area (Å²) in [5.74, 6) is -0.0957. The maximum absolute atomic E-state index is 10.8. The molecule has 0 bridgehead atoms. The van der Waals surface area contributed by atoms with Gasteiger partial charge in [-0.05, 0) is 31.9 Å². The van der Waals surface area contributed by atoms with E-state index in [1.807, 2.05) is 19.9 Å². The Kier molecular flexibility index (Phi) is 2.50. The first kappa shape index (κ1) is 8.54. The largest absolute Gasteiger partial charge is 0.281 e. The van der Waals surface area contributed by atoms with Gasteiger partial charge in [0, 0.05) is 0 Å². The summed E-state index contributed by atoms with van der Waals surface area (Å²) in [6, 6.07) is 0. The number of allylic oxidation sites excluding steroid dienone is 4. The zero-order valence-corrected chi connectivity index (χ0v) is 7.48. The minimum absolute atomic E-state index is 0.0957. The highest BCUT2D eigenvalue weighted by Crippen LogP contribution is 2.23. The van der Waals surface area contributed by atoms with Crippen molar-refractivity contribution in [2.24, 2.45) is 5.92 Å². The van der Waals surface area contributed by atoms with Gasteiger partial charge in [0.2, 0.25) is 5.24 Å². The van der Waals surface area contributed by atoms with Crippen molar-refractivity contribution in [2.75, 3.05) is 0 Å². The molecule has 0 saturated carbocycles. The Labute approximate surface area is 71.7 Å². The van der Waals surface area contributed by atoms with Gasteiger partial charge in [0.05, 0.1) is 5.92 Å². The van der Waals surface area contributed by atoms with Crippen LogP contribution in [-0.4, -0.2) is 5.24 Å². The van der Waals surface area contributed by atoms with E-state index in [1.165, 1.54) is 5.57 Å². The minimum atomic E-state index is -0.253. The van der Waals surface area contributed by atoms with E-state index in [1.54, 1.807) is 0 Å². The van der Waals surface area contributed by atoms with Gasteiger partial charge in [-0.25, -0.2) is 0 Å². The molecule has 2 heteroatoms. The lowest BCUT2D eigenvalue weighted by Gasteiger charge is -2.14. The highest BCUT2D eigenvalue weighted by atomic mass is 35.5. The molecule has 0 amide bonds. The highest BCUT2D eigenvalue weighted by molar-refractivity contribution is 6.64. The Balaban J connectivity index is 2.79. The summed E-state index contributed by atoms with van der Waals surface area (Å²) in [6.45, 7) is 4.00. The second-order valence-electron chi connectivity index (χ2n) is 3.02. The highest BCUT2D eigenvalue weighted by Gasteiger charge is 2.16. The molecule has 60 valence electrons. The molecule has 0 aliphatic heterocycles. The maximum atomic E-state index is 10.8. The van der Waals surface area contributed by atoms with Crippen molar-refractivity contribution in [1.82, 2.24) is 0 Å². The first-order valence-electron chi connectivity index (χ1n) is 3.64. The maximum Gasteiger partial charge on any atom is 0.228 e. The van der Waals surface area contributed by atoms with E-state index in [-0.39, 0.29) is 11.2 Å². The number of carbonyl (C=O) groups excluding carboxylic acids is 1. The predicted molar refractivity (Wildman–Crippen MR) is 46.5 cm³/mol. The van der Waals surface area contributed by atoms with Crippen molar-refractivity contribution < 1.29 is 4.79 Å². The van der Waals surface area contributed by atoms with Crippen LogP contribution >= 0.6 is 11.6 Å². The summed E-state index contributed by atoms with van der Waals surface area (Å²) in [5.41, 5.74) is 2.36. The average Bonchev–Trinajstić information content (AvgIpc) is 1.85. The quantitative estimate of drug-likeness (QED) is 0.553. The van der Waals surface area contributed by atoms with E-state index in [4.69, 9.17) is 11.6 Å². The first-order valence-corrected chi connectivity index (χ1v) is 4.02. The van der Waals surface area contributed by atoms with Gasteiger partial charge in [-0.1, -0.05) is 23.3 Å². The monoisotopic (exact) mass is 170 g/mol. The summed E-state index contributed by atoms with van der Waals surface area (Å²) in [5, 5.41) is -0.253. The molecule has 1 aliphatic rings. The van der Waals surface area contributed by atoms with Crippen LogP contribution in [0.4, 0.5) is 0 Å². The van der Waals surface area contributed by atoms with Crippen LogP contribution in [0.3, 0.4) is 0 Å². The van der Waals surface area contributed by atoms with Gasteiger partial charge in [0.15, 0.2) is 0 Å². The van der Waals surface area contributed by atoms with Crippen LogP contribution in [0.2, 0.25) is 0 Å². The van der Waals surface area contributed by atoms with Gasteiger partial charge >= 0.3 is 0 Å². The van der Waals surface area contributed by atoms with Crippen LogP contribution in [0.1, 0.15) is 20.3 Å². The fourth-order valence-electron chi connectivity index (χ4n) is 1.36. The number of carbonyl (C=O) groups is 1. The van der Waals surface area contributed by atoms with E-state index in [0.717, 1.165) is 12.0 Å². The van der Waals surface area contributed by atoms with E-state index in [9.17, 15) is 4.79 Å². The van der Waals surface area contributed by atoms with Crippen LogP contribution in [0.15, 0.2) is 23.3 Å². The average molecular weight is 171 g/mol. The van der Waals surface area contributed by atoms with Crippen molar-refractivity contribution >= 4 is 16.8 Å². The molecule has 0 radical (unpaired) electrons. The normalized spacial score (nSPS) is 24.1. The molecule has 0 spiro atoms. The van der Waals surface area contributed by atoms with Crippen molar-refractivity contribution in [2.45, 2.75) is 20.3 Å². The molecule has 0 heterocycles. The molecular formula is C9H11ClO. The van der Waals surface area contributed by atoms with Crippen LogP contribution in [-0.2, 0) is 4.79 Å². The molecule has 1 rings (SSSR count). The lowest BCUT2D eigenvalue weighted by Crippen LogP contribution is -2.09. The van der Waals surface area contributed by atoms with Crippen molar-refractivity contribution in [3.63, 3.8) is 0 Å². The van der Waals surface area contributed by atoms with Gasteiger partial charge in [-0.2, -0.15) is 0 Å². The standard InChI is InChI=1S/C9H11ClO/c1-6-3-7(2)5-8(4-6)9(10)11/h3-4,8H,5H2,1-2H3. The summed E-state index contributed by atoms with van der Waals surface area (Å²) in [4.78, 5) is 10.8. The molecule has 0 saturated heterocycles. The molecule has 1 unspecified atom stereocenters. The molecule has 1 atom stereocenters. The predicted octanol–water partition coefficient (Wildman–Crippen LogP) is 2.66. The minimum Gasteiger partial charge on any atom is -0.281 e. The number of rotatable bonds is 1. The molecule has 11 heavy (non-hydrogen) atoms. The number of hydrogen-bond acceptors (Lipinski definition) is 1. The molecule has 1 nitrogen and oxygen atoms in total. The van der Waals surface area contributed by atoms with Gasteiger partial charge in [0.1, 0.15) is 0 Å². The molecule has 0 fully saturated rings. The van der Waals surface area contributed by atoms with Crippen molar-refractivity contribution in [3.05, 3.63) is 23.3 Å². The van der Waals surface area contributed by atoms with Crippen LogP contribution in [0.25, 0.3) is 0 Å². The Hall–Kier alpha value is -0.560.